The summed E-state index contributed by atoms with van der Waals surface area (Å²) in [5.41, 5.74) is -0.0996. The van der Waals surface area contributed by atoms with Crippen molar-refractivity contribution in [3.63, 3.8) is 0 Å². The van der Waals surface area contributed by atoms with Crippen LogP contribution in [0.1, 0.15) is 28.7 Å². The predicted molar refractivity (Wildman–Crippen MR) is 81.1 cm³/mol. The molecule has 1 N–H and O–H groups in total. The maximum absolute atomic E-state index is 13.3. The van der Waals surface area contributed by atoms with Crippen LogP contribution in [0.3, 0.4) is 0 Å². The first-order valence-electron chi connectivity index (χ1n) is 7.66. The molecule has 10 heteroatoms. The minimum absolute atomic E-state index is 0.0413. The number of pyridine rings is 1. The quantitative estimate of drug-likeness (QED) is 0.614. The molecule has 1 unspecified atom stereocenters. The van der Waals surface area contributed by atoms with Crippen molar-refractivity contribution in [2.75, 3.05) is 0 Å². The molecule has 0 saturated carbocycles. The lowest BCUT2D eigenvalue weighted by Crippen LogP contribution is -2.30. The van der Waals surface area contributed by atoms with Gasteiger partial charge in [-0.1, -0.05) is 18.2 Å². The number of alkyl halides is 6. The van der Waals surface area contributed by atoms with Crippen molar-refractivity contribution in [3.05, 3.63) is 52.8 Å². The van der Waals surface area contributed by atoms with E-state index in [2.05, 4.69) is 15.0 Å². The Labute approximate surface area is 149 Å². The predicted octanol–water partition coefficient (Wildman–Crippen LogP) is 4.28. The van der Waals surface area contributed by atoms with Gasteiger partial charge in [0.05, 0.1) is 0 Å². The van der Waals surface area contributed by atoms with E-state index in [9.17, 15) is 31.1 Å². The molecule has 1 atom stereocenters. The molecule has 4 nitrogen and oxygen atoms in total. The lowest BCUT2D eigenvalue weighted by atomic mass is 9.98. The third kappa shape index (κ3) is 3.90. The van der Waals surface area contributed by atoms with Crippen LogP contribution in [-0.2, 0) is 22.3 Å². The van der Waals surface area contributed by atoms with Gasteiger partial charge in [0.1, 0.15) is 0 Å². The second-order valence-electron chi connectivity index (χ2n) is 5.92. The van der Waals surface area contributed by atoms with E-state index in [1.165, 1.54) is 37.3 Å². The third-order valence-electron chi connectivity index (χ3n) is 3.97. The summed E-state index contributed by atoms with van der Waals surface area (Å²) in [5, 5.41) is 2.58. The maximum Gasteiger partial charge on any atom is 0.490 e. The molecule has 1 aromatic carbocycles. The Bertz CT molecular complexity index is 892. The fourth-order valence-electron chi connectivity index (χ4n) is 2.78. The summed E-state index contributed by atoms with van der Waals surface area (Å²) in [6.45, 7) is 1.48. The van der Waals surface area contributed by atoms with Gasteiger partial charge in [-0.15, -0.1) is 0 Å². The highest BCUT2D eigenvalue weighted by Crippen LogP contribution is 2.38. The van der Waals surface area contributed by atoms with Crippen molar-refractivity contribution in [1.29, 1.82) is 0 Å². The topological polar surface area (TPSA) is 51.2 Å². The second kappa shape index (κ2) is 6.52. The molecule has 0 aliphatic carbocycles. The Balaban J connectivity index is 1.94. The summed E-state index contributed by atoms with van der Waals surface area (Å²) in [5.74, 6) is -2.35. The Hall–Kier alpha value is -2.62. The summed E-state index contributed by atoms with van der Waals surface area (Å²) >= 11 is 0. The van der Waals surface area contributed by atoms with Crippen LogP contribution in [0.2, 0.25) is 0 Å². The van der Waals surface area contributed by atoms with Crippen molar-refractivity contribution in [3.8, 4) is 11.1 Å². The van der Waals surface area contributed by atoms with Crippen LogP contribution >= 0.6 is 0 Å². The van der Waals surface area contributed by atoms with Crippen LogP contribution < -0.4 is 5.32 Å². The number of halogens is 6. The fourth-order valence-corrected chi connectivity index (χ4v) is 2.78. The molecule has 2 aromatic rings. The smallest absolute Gasteiger partial charge is 0.436 e. The van der Waals surface area contributed by atoms with Crippen LogP contribution in [0.5, 0.6) is 0 Å². The number of nitrogens with one attached hydrogen (secondary N) is 1. The van der Waals surface area contributed by atoms with Gasteiger partial charge in [-0.25, -0.2) is 9.78 Å². The highest BCUT2D eigenvalue weighted by Gasteiger charge is 2.43. The number of ether oxygens (including phenoxy) is 1. The molecule has 0 saturated heterocycles. The zero-order valence-electron chi connectivity index (χ0n) is 13.7. The number of benzene rings is 1. The maximum atomic E-state index is 13.3. The zero-order chi connectivity index (χ0) is 20.0. The third-order valence-corrected chi connectivity index (χ3v) is 3.97. The van der Waals surface area contributed by atoms with Gasteiger partial charge in [0.25, 0.3) is 0 Å². The first kappa shape index (κ1) is 19.2. The molecular formula is C17H12F6N2O2. The van der Waals surface area contributed by atoms with Crippen molar-refractivity contribution >= 4 is 5.97 Å². The average Bonchev–Trinajstić information content (AvgIpc) is 2.95. The van der Waals surface area contributed by atoms with E-state index < -0.39 is 30.2 Å². The van der Waals surface area contributed by atoms with E-state index in [0.29, 0.717) is 5.56 Å². The van der Waals surface area contributed by atoms with Crippen molar-refractivity contribution in [1.82, 2.24) is 10.3 Å². The highest BCUT2D eigenvalue weighted by molar-refractivity contribution is 5.76. The molecule has 3 rings (SSSR count). The number of aryl methyl sites for hydroxylation is 1. The summed E-state index contributed by atoms with van der Waals surface area (Å²) in [6.07, 6.45) is -11.1. The Morgan fingerprint density at radius 2 is 1.85 bits per heavy atom. The number of hydrogen-bond donors (Lipinski definition) is 1. The number of hydrogen-bond acceptors (Lipinski definition) is 4. The Kier molecular flexibility index (Phi) is 4.62. The molecule has 144 valence electrons. The minimum atomic E-state index is -5.14. The van der Waals surface area contributed by atoms with E-state index in [-0.39, 0.29) is 28.9 Å². The van der Waals surface area contributed by atoms with Crippen molar-refractivity contribution in [2.24, 2.45) is 0 Å². The number of carbonyl (C=O) groups is 1. The molecule has 27 heavy (non-hydrogen) atoms. The zero-order valence-corrected chi connectivity index (χ0v) is 13.7. The Morgan fingerprint density at radius 1 is 1.15 bits per heavy atom. The van der Waals surface area contributed by atoms with Gasteiger partial charge in [-0.2, -0.15) is 26.3 Å². The molecule has 1 aromatic heterocycles. The summed E-state index contributed by atoms with van der Waals surface area (Å²) < 4.78 is 81.2. The van der Waals surface area contributed by atoms with E-state index in [1.807, 2.05) is 0 Å². The van der Waals surface area contributed by atoms with E-state index in [1.54, 1.807) is 0 Å². The number of nitrogens with zero attached hydrogens (tertiary/aromatic N) is 1. The minimum Gasteiger partial charge on any atom is -0.436 e. The molecule has 0 amide bonds. The summed E-state index contributed by atoms with van der Waals surface area (Å²) in [6, 6.07) is 6.78. The molecule has 0 fully saturated rings. The fraction of sp³-hybridized carbons (Fsp3) is 0.294. The standard InChI is InChI=1S/C17H12F6N2O2/c1-8-2-4-11(13(25-8)16(18,19)20)9-3-5-12-10(6-9)7-24-14(12)27-15(26)17(21,22)23/h2-6,14,24H,7H2,1H3. The lowest BCUT2D eigenvalue weighted by Gasteiger charge is -2.16. The van der Waals surface area contributed by atoms with Gasteiger partial charge in [0.2, 0.25) is 0 Å². The van der Waals surface area contributed by atoms with Gasteiger partial charge in [0.15, 0.2) is 11.9 Å². The number of fused-ring (bicyclic) bond motifs is 1. The first-order valence-corrected chi connectivity index (χ1v) is 7.66. The van der Waals surface area contributed by atoms with Gasteiger partial charge in [-0.3, -0.25) is 5.32 Å². The summed E-state index contributed by atoms with van der Waals surface area (Å²) in [4.78, 5) is 14.5. The second-order valence-corrected chi connectivity index (χ2v) is 5.92. The lowest BCUT2D eigenvalue weighted by molar-refractivity contribution is -0.206. The monoisotopic (exact) mass is 390 g/mol. The van der Waals surface area contributed by atoms with Crippen molar-refractivity contribution < 1.29 is 35.9 Å². The first-order chi connectivity index (χ1) is 12.5. The molecule has 0 radical (unpaired) electrons. The largest absolute Gasteiger partial charge is 0.490 e. The van der Waals surface area contributed by atoms with E-state index >= 15 is 0 Å². The molecule has 1 aliphatic heterocycles. The van der Waals surface area contributed by atoms with Crippen LogP contribution in [0.4, 0.5) is 26.3 Å². The number of esters is 1. The van der Waals surface area contributed by atoms with Gasteiger partial charge < -0.3 is 4.74 Å². The molecule has 0 bridgehead atoms. The van der Waals surface area contributed by atoms with Crippen LogP contribution in [0.15, 0.2) is 30.3 Å². The highest BCUT2D eigenvalue weighted by atomic mass is 19.4. The molecule has 2 heterocycles. The van der Waals surface area contributed by atoms with Crippen molar-refractivity contribution in [2.45, 2.75) is 32.0 Å². The normalized spacial score (nSPS) is 16.9. The van der Waals surface area contributed by atoms with Gasteiger partial charge in [0, 0.05) is 23.4 Å². The SMILES string of the molecule is Cc1ccc(-c2ccc3c(c2)CNC3OC(=O)C(F)(F)F)c(C(F)(F)F)n1. The molecular weight excluding hydrogens is 378 g/mol. The molecule has 0 spiro atoms. The number of carbonyl (C=O) groups excluding carboxylic acids is 1. The average molecular weight is 390 g/mol. The summed E-state index contributed by atoms with van der Waals surface area (Å²) in [7, 11) is 0. The number of aromatic nitrogens is 1. The van der Waals surface area contributed by atoms with E-state index in [0.717, 1.165) is 0 Å². The van der Waals surface area contributed by atoms with Crippen LogP contribution in [0.25, 0.3) is 11.1 Å². The van der Waals surface area contributed by atoms with Gasteiger partial charge >= 0.3 is 18.3 Å². The van der Waals surface area contributed by atoms with Gasteiger partial charge in [-0.05, 0) is 30.2 Å². The van der Waals surface area contributed by atoms with Crippen LogP contribution in [-0.4, -0.2) is 17.1 Å². The number of rotatable bonds is 2. The van der Waals surface area contributed by atoms with E-state index in [4.69, 9.17) is 0 Å². The Morgan fingerprint density at radius 3 is 2.48 bits per heavy atom. The van der Waals surface area contributed by atoms with Crippen LogP contribution in [0, 0.1) is 6.92 Å². The molecule has 1 aliphatic rings.